The van der Waals surface area contributed by atoms with Crippen molar-refractivity contribution in [3.05, 3.63) is 28.5 Å². The van der Waals surface area contributed by atoms with E-state index in [0.29, 0.717) is 11.0 Å². The van der Waals surface area contributed by atoms with Gasteiger partial charge in [0.05, 0.1) is 11.0 Å². The highest BCUT2D eigenvalue weighted by molar-refractivity contribution is 9.10. The van der Waals surface area contributed by atoms with E-state index in [1.807, 2.05) is 0 Å². The van der Waals surface area contributed by atoms with E-state index < -0.39 is 11.7 Å². The highest BCUT2D eigenvalue weighted by Gasteiger charge is 2.52. The van der Waals surface area contributed by atoms with Gasteiger partial charge in [-0.15, -0.1) is 0 Å². The Morgan fingerprint density at radius 3 is 2.50 bits per heavy atom. The van der Waals surface area contributed by atoms with Crippen LogP contribution in [0.15, 0.2) is 22.7 Å². The highest BCUT2D eigenvalue weighted by atomic mass is 79.9. The zero-order chi connectivity index (χ0) is 13.7. The molecule has 7 heteroatoms. The summed E-state index contributed by atoms with van der Waals surface area (Å²) in [6.07, 6.45) is -4.56. The van der Waals surface area contributed by atoms with Crippen LogP contribution >= 0.6 is 15.9 Å². The Labute approximate surface area is 110 Å². The maximum absolute atomic E-state index is 12.9. The van der Waals surface area contributed by atoms with Gasteiger partial charge in [-0.2, -0.15) is 13.2 Å². The van der Waals surface area contributed by atoms with Crippen LogP contribution in [0.25, 0.3) is 11.0 Å². The molecule has 0 saturated heterocycles. The summed E-state index contributed by atoms with van der Waals surface area (Å²) >= 11 is 3.25. The molecular formula is C11H11BrF3N3. The number of rotatable bonds is 1. The Hall–Kier alpha value is -1.08. The summed E-state index contributed by atoms with van der Waals surface area (Å²) in [7, 11) is 1.52. The molecule has 1 unspecified atom stereocenters. The number of halogens is 4. The van der Waals surface area contributed by atoms with Crippen LogP contribution in [0.5, 0.6) is 0 Å². The molecule has 0 bridgehead atoms. The van der Waals surface area contributed by atoms with Crippen molar-refractivity contribution in [1.82, 2.24) is 9.55 Å². The Morgan fingerprint density at radius 1 is 1.33 bits per heavy atom. The number of aromatic nitrogens is 2. The number of nitrogens with zero attached hydrogens (tertiary/aromatic N) is 2. The van der Waals surface area contributed by atoms with Gasteiger partial charge in [0, 0.05) is 11.5 Å². The number of fused-ring (bicyclic) bond motifs is 1. The van der Waals surface area contributed by atoms with Crippen molar-refractivity contribution in [3.8, 4) is 0 Å². The monoisotopic (exact) mass is 321 g/mol. The SMILES string of the molecule is Cn1c(C(C)(N)C(F)(F)F)nc2cc(Br)ccc21. The second-order valence-corrected chi connectivity index (χ2v) is 5.24. The fraction of sp³-hybridized carbons (Fsp3) is 0.364. The van der Waals surface area contributed by atoms with Crippen LogP contribution < -0.4 is 5.73 Å². The summed E-state index contributed by atoms with van der Waals surface area (Å²) < 4.78 is 40.9. The number of imidazole rings is 1. The van der Waals surface area contributed by atoms with Crippen molar-refractivity contribution >= 4 is 27.0 Å². The minimum atomic E-state index is -4.56. The van der Waals surface area contributed by atoms with Crippen LogP contribution in [-0.4, -0.2) is 15.7 Å². The molecule has 2 aromatic rings. The number of hydrogen-bond acceptors (Lipinski definition) is 2. The summed E-state index contributed by atoms with van der Waals surface area (Å²) in [5, 5.41) is 0. The van der Waals surface area contributed by atoms with Gasteiger partial charge in [0.1, 0.15) is 5.82 Å². The van der Waals surface area contributed by atoms with Gasteiger partial charge in [0.25, 0.3) is 0 Å². The fourth-order valence-corrected chi connectivity index (χ4v) is 2.11. The second-order valence-electron chi connectivity index (χ2n) is 4.33. The normalized spacial score (nSPS) is 15.9. The first-order valence-corrected chi connectivity index (χ1v) is 5.92. The summed E-state index contributed by atoms with van der Waals surface area (Å²) in [6, 6.07) is 5.10. The first kappa shape index (κ1) is 13.4. The van der Waals surface area contributed by atoms with Crippen molar-refractivity contribution in [3.63, 3.8) is 0 Å². The molecule has 0 fully saturated rings. The molecule has 18 heavy (non-hydrogen) atoms. The maximum atomic E-state index is 12.9. The van der Waals surface area contributed by atoms with Crippen molar-refractivity contribution in [2.24, 2.45) is 12.8 Å². The van der Waals surface area contributed by atoms with Gasteiger partial charge < -0.3 is 10.3 Å². The molecule has 2 N–H and O–H groups in total. The lowest BCUT2D eigenvalue weighted by molar-refractivity contribution is -0.186. The van der Waals surface area contributed by atoms with Crippen molar-refractivity contribution in [2.45, 2.75) is 18.6 Å². The summed E-state index contributed by atoms with van der Waals surface area (Å²) in [4.78, 5) is 4.00. The number of benzene rings is 1. The van der Waals surface area contributed by atoms with E-state index in [1.165, 1.54) is 11.6 Å². The lowest BCUT2D eigenvalue weighted by Gasteiger charge is -2.26. The van der Waals surface area contributed by atoms with Gasteiger partial charge >= 0.3 is 6.18 Å². The maximum Gasteiger partial charge on any atom is 0.413 e. The smallest absolute Gasteiger partial charge is 0.329 e. The molecule has 0 aliphatic rings. The highest BCUT2D eigenvalue weighted by Crippen LogP contribution is 2.36. The lowest BCUT2D eigenvalue weighted by atomic mass is 10.0. The van der Waals surface area contributed by atoms with Gasteiger partial charge in [-0.25, -0.2) is 4.98 Å². The largest absolute Gasteiger partial charge is 0.413 e. The van der Waals surface area contributed by atoms with E-state index >= 15 is 0 Å². The molecule has 98 valence electrons. The molecule has 0 aliphatic carbocycles. The third kappa shape index (κ3) is 1.91. The Balaban J connectivity index is 2.70. The molecule has 3 nitrogen and oxygen atoms in total. The van der Waals surface area contributed by atoms with Gasteiger partial charge in [-0.05, 0) is 25.1 Å². The molecule has 0 spiro atoms. The molecule has 1 aromatic carbocycles. The van der Waals surface area contributed by atoms with E-state index in [2.05, 4.69) is 20.9 Å². The molecule has 0 aliphatic heterocycles. The van der Waals surface area contributed by atoms with Gasteiger partial charge in [-0.3, -0.25) is 0 Å². The van der Waals surface area contributed by atoms with E-state index in [0.717, 1.165) is 11.4 Å². The number of alkyl halides is 3. The quantitative estimate of drug-likeness (QED) is 0.877. The van der Waals surface area contributed by atoms with Crippen LogP contribution in [0.3, 0.4) is 0 Å². The predicted octanol–water partition coefficient (Wildman–Crippen LogP) is 3.07. The van der Waals surface area contributed by atoms with Crippen LogP contribution in [0.4, 0.5) is 13.2 Å². The molecule has 0 radical (unpaired) electrons. The van der Waals surface area contributed by atoms with Crippen LogP contribution in [-0.2, 0) is 12.6 Å². The Morgan fingerprint density at radius 2 is 1.94 bits per heavy atom. The molecular weight excluding hydrogens is 311 g/mol. The minimum absolute atomic E-state index is 0.205. The molecule has 1 heterocycles. The zero-order valence-electron chi connectivity index (χ0n) is 9.72. The number of nitrogens with two attached hydrogens (primary N) is 1. The summed E-state index contributed by atoms with van der Waals surface area (Å²) in [5.41, 5.74) is 4.00. The fourth-order valence-electron chi connectivity index (χ4n) is 1.76. The molecule has 1 aromatic heterocycles. The standard InChI is InChI=1S/C11H11BrF3N3/c1-10(16,11(13,14)15)9-17-7-5-6(12)3-4-8(7)18(9)2/h3-5H,16H2,1-2H3. The third-order valence-electron chi connectivity index (χ3n) is 2.90. The minimum Gasteiger partial charge on any atom is -0.329 e. The molecule has 2 rings (SSSR count). The average molecular weight is 322 g/mol. The van der Waals surface area contributed by atoms with Crippen molar-refractivity contribution in [2.75, 3.05) is 0 Å². The van der Waals surface area contributed by atoms with E-state index in [4.69, 9.17) is 5.73 Å². The first-order chi connectivity index (χ1) is 8.14. The molecule has 0 amide bonds. The Bertz CT molecular complexity index is 601. The number of aryl methyl sites for hydroxylation is 1. The van der Waals surface area contributed by atoms with Gasteiger partial charge in [-0.1, -0.05) is 15.9 Å². The third-order valence-corrected chi connectivity index (χ3v) is 3.39. The summed E-state index contributed by atoms with van der Waals surface area (Å²) in [5.74, 6) is -0.205. The lowest BCUT2D eigenvalue weighted by Crippen LogP contribution is -2.49. The topological polar surface area (TPSA) is 43.8 Å². The Kier molecular flexibility index (Phi) is 2.94. The number of hydrogen-bond donors (Lipinski definition) is 1. The predicted molar refractivity (Wildman–Crippen MR) is 66.0 cm³/mol. The van der Waals surface area contributed by atoms with E-state index in [1.54, 1.807) is 18.2 Å². The van der Waals surface area contributed by atoms with Crippen LogP contribution in [0, 0.1) is 0 Å². The molecule has 0 saturated carbocycles. The average Bonchev–Trinajstić information content (AvgIpc) is 2.54. The van der Waals surface area contributed by atoms with Gasteiger partial charge in [0.15, 0.2) is 5.54 Å². The van der Waals surface area contributed by atoms with Gasteiger partial charge in [0.2, 0.25) is 0 Å². The van der Waals surface area contributed by atoms with Crippen LogP contribution in [0.1, 0.15) is 12.7 Å². The van der Waals surface area contributed by atoms with Crippen LogP contribution in [0.2, 0.25) is 0 Å². The first-order valence-electron chi connectivity index (χ1n) is 5.12. The summed E-state index contributed by atoms with van der Waals surface area (Å²) in [6.45, 7) is 0.920. The second kappa shape index (κ2) is 3.96. The van der Waals surface area contributed by atoms with E-state index in [-0.39, 0.29) is 5.82 Å². The van der Waals surface area contributed by atoms with E-state index in [9.17, 15) is 13.2 Å². The van der Waals surface area contributed by atoms with Crippen molar-refractivity contribution in [1.29, 1.82) is 0 Å². The van der Waals surface area contributed by atoms with Crippen molar-refractivity contribution < 1.29 is 13.2 Å². The molecule has 1 atom stereocenters. The zero-order valence-corrected chi connectivity index (χ0v) is 11.3.